The highest BCUT2D eigenvalue weighted by molar-refractivity contribution is 7.46. The van der Waals surface area contributed by atoms with E-state index in [9.17, 15) is 14.1 Å². The molecule has 180 valence electrons. The van der Waals surface area contributed by atoms with Gasteiger partial charge in [-0.15, -0.1) is 0 Å². The van der Waals surface area contributed by atoms with Crippen LogP contribution in [0.15, 0.2) is 0 Å². The van der Waals surface area contributed by atoms with Crippen molar-refractivity contribution in [3.05, 3.63) is 0 Å². The van der Waals surface area contributed by atoms with E-state index in [1.54, 1.807) is 0 Å². The number of nitrogens with two attached hydrogens (primary N) is 2. The van der Waals surface area contributed by atoms with Gasteiger partial charge in [-0.3, -0.25) is 4.52 Å². The first-order valence-corrected chi connectivity index (χ1v) is 12.1. The van der Waals surface area contributed by atoms with Gasteiger partial charge in [0.05, 0.1) is 6.61 Å². The number of aliphatic hydroxyl groups is 3. The van der Waals surface area contributed by atoms with E-state index in [0.29, 0.717) is 12.1 Å². The van der Waals surface area contributed by atoms with Crippen molar-refractivity contribution >= 4 is 7.82 Å². The average molecular weight is 460 g/mol. The minimum Gasteiger partial charge on any atom is -0.394 e. The van der Waals surface area contributed by atoms with Gasteiger partial charge in [-0.25, -0.2) is 8.96 Å². The molecule has 1 unspecified atom stereocenters. The van der Waals surface area contributed by atoms with E-state index in [-0.39, 0.29) is 0 Å². The van der Waals surface area contributed by atoms with Crippen LogP contribution < -0.4 is 11.5 Å². The molecule has 1 saturated heterocycles. The summed E-state index contributed by atoms with van der Waals surface area (Å²) in [4.78, 5) is 16.9. The van der Waals surface area contributed by atoms with Gasteiger partial charge in [-0.1, -0.05) is 38.5 Å². The molecule has 0 aromatic carbocycles. The third kappa shape index (κ3) is 10.9. The number of alkyl halides is 1. The fourth-order valence-corrected chi connectivity index (χ4v) is 3.97. The summed E-state index contributed by atoms with van der Waals surface area (Å²) in [5.41, 5.74) is 11.3. The predicted octanol–water partition coefficient (Wildman–Crippen LogP) is 0.428. The first kappa shape index (κ1) is 27.8. The number of halogens is 1. The van der Waals surface area contributed by atoms with Crippen molar-refractivity contribution in [1.82, 2.24) is 0 Å². The van der Waals surface area contributed by atoms with E-state index in [0.717, 1.165) is 0 Å². The molecule has 1 aliphatic heterocycles. The molecule has 3 rings (SSSR count). The maximum absolute atomic E-state index is 13.2. The van der Waals surface area contributed by atoms with Crippen molar-refractivity contribution in [2.24, 2.45) is 11.5 Å². The number of phosphoric ester groups is 1. The Morgan fingerprint density at radius 1 is 0.900 bits per heavy atom. The lowest BCUT2D eigenvalue weighted by atomic mass is 9.97. The molecule has 10 nitrogen and oxygen atoms in total. The van der Waals surface area contributed by atoms with Crippen LogP contribution in [0.3, 0.4) is 0 Å². The molecule has 9 N–H and O–H groups in total. The fourth-order valence-electron chi connectivity index (χ4n) is 3.53. The second-order valence-electron chi connectivity index (χ2n) is 8.04. The van der Waals surface area contributed by atoms with Gasteiger partial charge in [-0.05, 0) is 25.7 Å². The molecule has 3 aliphatic rings. The van der Waals surface area contributed by atoms with E-state index in [4.69, 9.17) is 31.5 Å². The Morgan fingerprint density at radius 2 is 1.33 bits per heavy atom. The van der Waals surface area contributed by atoms with Gasteiger partial charge in [-0.2, -0.15) is 0 Å². The van der Waals surface area contributed by atoms with E-state index >= 15 is 0 Å². The lowest BCUT2D eigenvalue weighted by Crippen LogP contribution is -2.57. The number of phosphoric acid groups is 1. The lowest BCUT2D eigenvalue weighted by Gasteiger charge is -2.38. The minimum absolute atomic E-state index is 0.536. The Labute approximate surface area is 177 Å². The maximum atomic E-state index is 13.2. The Kier molecular flexibility index (Phi) is 13.0. The largest absolute Gasteiger partial charge is 0.472 e. The highest BCUT2D eigenvalue weighted by Gasteiger charge is 2.47. The summed E-state index contributed by atoms with van der Waals surface area (Å²) in [7, 11) is -4.99. The summed E-state index contributed by atoms with van der Waals surface area (Å²) >= 11 is 0. The second kappa shape index (κ2) is 14.1. The first-order chi connectivity index (χ1) is 14.0. The number of hydrogen-bond donors (Lipinski definition) is 7. The minimum atomic E-state index is -4.99. The molecule has 3 fully saturated rings. The Morgan fingerprint density at radius 3 is 1.63 bits per heavy atom. The molecule has 5 atom stereocenters. The molecule has 0 aromatic rings. The van der Waals surface area contributed by atoms with Crippen LogP contribution in [-0.2, 0) is 13.8 Å². The lowest BCUT2D eigenvalue weighted by molar-refractivity contribution is -0.265. The van der Waals surface area contributed by atoms with E-state index < -0.39 is 45.2 Å². The van der Waals surface area contributed by atoms with Gasteiger partial charge < -0.3 is 41.3 Å². The molecule has 12 heteroatoms. The second-order valence-corrected chi connectivity index (χ2v) is 9.24. The van der Waals surface area contributed by atoms with E-state index in [1.165, 1.54) is 64.2 Å². The van der Waals surface area contributed by atoms with Gasteiger partial charge in [0.15, 0.2) is 6.17 Å². The molecule has 0 amide bonds. The van der Waals surface area contributed by atoms with Crippen molar-refractivity contribution < 1.29 is 43.3 Å². The predicted molar refractivity (Wildman–Crippen MR) is 108 cm³/mol. The molecule has 0 bridgehead atoms. The van der Waals surface area contributed by atoms with Gasteiger partial charge >= 0.3 is 7.82 Å². The summed E-state index contributed by atoms with van der Waals surface area (Å²) in [5, 5.41) is 27.1. The average Bonchev–Trinajstić information content (AvgIpc) is 2.70. The topological polar surface area (TPSA) is 189 Å². The third-order valence-electron chi connectivity index (χ3n) is 5.35. The molecule has 30 heavy (non-hydrogen) atoms. The van der Waals surface area contributed by atoms with Crippen LogP contribution in [0.4, 0.5) is 4.39 Å². The van der Waals surface area contributed by atoms with Crippen molar-refractivity contribution in [3.8, 4) is 0 Å². The quantitative estimate of drug-likeness (QED) is 0.291. The van der Waals surface area contributed by atoms with Crippen LogP contribution >= 0.6 is 7.82 Å². The standard InChI is InChI=1S/C6H12FO8P.2C6H13N/c7-3-5(10)4(9)2(1-8)14-6(3)15-16(11,12)13;2*7-6-4-2-1-3-5-6/h2-6,8-10H,1H2,(H2,11,12,13);2*6H,1-5,7H2/t2-,3-,4-,5-,6?;;/m1../s1. The summed E-state index contributed by atoms with van der Waals surface area (Å²) in [5.74, 6) is 0. The molecular formula is C18H38FN2O8P. The van der Waals surface area contributed by atoms with E-state index in [2.05, 4.69) is 9.26 Å². The van der Waals surface area contributed by atoms with Crippen molar-refractivity contribution in [3.63, 3.8) is 0 Å². The zero-order chi connectivity index (χ0) is 22.7. The van der Waals surface area contributed by atoms with Gasteiger partial charge in [0.2, 0.25) is 6.29 Å². The zero-order valence-electron chi connectivity index (χ0n) is 17.3. The molecule has 2 aliphatic carbocycles. The molecule has 1 heterocycles. The van der Waals surface area contributed by atoms with Crippen molar-refractivity contribution in [2.45, 2.75) is 107 Å². The van der Waals surface area contributed by atoms with Crippen LogP contribution in [0.2, 0.25) is 0 Å². The van der Waals surface area contributed by atoms with Crippen LogP contribution in [0, 0.1) is 0 Å². The van der Waals surface area contributed by atoms with Crippen LogP contribution in [0.1, 0.15) is 64.2 Å². The van der Waals surface area contributed by atoms with Gasteiger partial charge in [0.1, 0.15) is 18.3 Å². The highest BCUT2D eigenvalue weighted by atomic mass is 31.2. The SMILES string of the molecule is NC1CCCCC1.NC1CCCCC1.O=P(O)(O)OC1O[C@H](CO)[C@@H](O)[C@H](O)[C@H]1F. The zero-order valence-corrected chi connectivity index (χ0v) is 18.2. The number of hydrogen-bond acceptors (Lipinski definition) is 8. The van der Waals surface area contributed by atoms with Crippen LogP contribution in [-0.4, -0.2) is 74.6 Å². The van der Waals surface area contributed by atoms with Crippen LogP contribution in [0.25, 0.3) is 0 Å². The summed E-state index contributed by atoms with van der Waals surface area (Å²) in [6.45, 7) is -0.758. The molecule has 0 aromatic heterocycles. The van der Waals surface area contributed by atoms with Gasteiger partial charge in [0.25, 0.3) is 0 Å². The number of aliphatic hydroxyl groups excluding tert-OH is 3. The third-order valence-corrected chi connectivity index (χ3v) is 5.83. The first-order valence-electron chi connectivity index (χ1n) is 10.6. The van der Waals surface area contributed by atoms with E-state index in [1.807, 2.05) is 0 Å². The van der Waals surface area contributed by atoms with Crippen LogP contribution in [0.5, 0.6) is 0 Å². The maximum Gasteiger partial charge on any atom is 0.472 e. The molecule has 0 radical (unpaired) electrons. The fraction of sp³-hybridized carbons (Fsp3) is 1.00. The summed E-state index contributed by atoms with van der Waals surface area (Å²) in [6, 6.07) is 1.07. The highest BCUT2D eigenvalue weighted by Crippen LogP contribution is 2.41. The summed E-state index contributed by atoms with van der Waals surface area (Å²) in [6.07, 6.45) is 3.92. The summed E-state index contributed by atoms with van der Waals surface area (Å²) < 4.78 is 32.2. The monoisotopic (exact) mass is 460 g/mol. The Hall–Kier alpha value is -0.200. The Bertz CT molecular complexity index is 485. The van der Waals surface area contributed by atoms with Gasteiger partial charge in [0, 0.05) is 12.1 Å². The Balaban J connectivity index is 0.000000263. The number of rotatable bonds is 3. The number of ether oxygens (including phenoxy) is 1. The molecular weight excluding hydrogens is 422 g/mol. The smallest absolute Gasteiger partial charge is 0.394 e. The molecule has 2 saturated carbocycles. The molecule has 0 spiro atoms. The normalized spacial score (nSPS) is 33.7. The van der Waals surface area contributed by atoms with Crippen molar-refractivity contribution in [2.75, 3.05) is 6.61 Å². The van der Waals surface area contributed by atoms with Crippen molar-refractivity contribution in [1.29, 1.82) is 0 Å².